The zero-order chi connectivity index (χ0) is 17.6. The molecule has 0 spiro atoms. The Kier molecular flexibility index (Phi) is 5.76. The first kappa shape index (κ1) is 17.5. The third-order valence-electron chi connectivity index (χ3n) is 4.70. The number of hydrogen-bond acceptors (Lipinski definition) is 2. The molecule has 1 N–H and O–H groups in total. The van der Waals surface area contributed by atoms with Crippen LogP contribution in [0.15, 0.2) is 48.5 Å². The molecular formula is C20H22F2N2O. The van der Waals surface area contributed by atoms with E-state index in [-0.39, 0.29) is 0 Å². The molecule has 0 radical (unpaired) electrons. The highest BCUT2D eigenvalue weighted by Crippen LogP contribution is 2.19. The Morgan fingerprint density at radius 2 is 1.64 bits per heavy atom. The molecule has 3 rings (SSSR count). The minimum Gasteiger partial charge on any atom is -0.352 e. The van der Waals surface area contributed by atoms with Gasteiger partial charge < -0.3 is 5.32 Å². The van der Waals surface area contributed by atoms with Crippen LogP contribution in [0.25, 0.3) is 0 Å². The standard InChI is InChI=1S/C20H22F2N2O/c21-17-7-4-8-18(22)19(17)20(25)23-13-15-9-11-24(12-10-15)14-16-5-2-1-3-6-16/h1-8,15H,9-14H2,(H,23,25). The van der Waals surface area contributed by atoms with Crippen molar-refractivity contribution in [3.8, 4) is 0 Å². The molecule has 1 amide bonds. The first-order valence-corrected chi connectivity index (χ1v) is 8.62. The third kappa shape index (κ3) is 4.63. The van der Waals surface area contributed by atoms with E-state index in [0.717, 1.165) is 44.6 Å². The molecule has 0 aliphatic carbocycles. The van der Waals surface area contributed by atoms with E-state index in [2.05, 4.69) is 22.3 Å². The molecule has 132 valence electrons. The topological polar surface area (TPSA) is 32.3 Å². The molecule has 1 saturated heterocycles. The summed E-state index contributed by atoms with van der Waals surface area (Å²) in [7, 11) is 0. The maximum absolute atomic E-state index is 13.6. The van der Waals surface area contributed by atoms with E-state index >= 15 is 0 Å². The van der Waals surface area contributed by atoms with Crippen LogP contribution in [0.4, 0.5) is 8.78 Å². The van der Waals surface area contributed by atoms with E-state index in [4.69, 9.17) is 0 Å². The van der Waals surface area contributed by atoms with Crippen molar-refractivity contribution in [2.45, 2.75) is 19.4 Å². The number of nitrogens with zero attached hydrogens (tertiary/aromatic N) is 1. The lowest BCUT2D eigenvalue weighted by atomic mass is 9.96. The fourth-order valence-electron chi connectivity index (χ4n) is 3.23. The van der Waals surface area contributed by atoms with Gasteiger partial charge >= 0.3 is 0 Å². The second-order valence-corrected chi connectivity index (χ2v) is 6.51. The quantitative estimate of drug-likeness (QED) is 0.899. The number of piperidine rings is 1. The highest BCUT2D eigenvalue weighted by molar-refractivity contribution is 5.94. The van der Waals surface area contributed by atoms with Crippen molar-refractivity contribution in [3.05, 3.63) is 71.3 Å². The molecule has 5 heteroatoms. The van der Waals surface area contributed by atoms with Gasteiger partial charge in [0.1, 0.15) is 17.2 Å². The molecule has 2 aromatic carbocycles. The number of carbonyl (C=O) groups excluding carboxylic acids is 1. The van der Waals surface area contributed by atoms with Crippen LogP contribution < -0.4 is 5.32 Å². The SMILES string of the molecule is O=C(NCC1CCN(Cc2ccccc2)CC1)c1c(F)cccc1F. The van der Waals surface area contributed by atoms with Gasteiger partial charge in [0.05, 0.1) is 0 Å². The molecule has 1 fully saturated rings. The highest BCUT2D eigenvalue weighted by atomic mass is 19.1. The molecule has 1 heterocycles. The summed E-state index contributed by atoms with van der Waals surface area (Å²) in [5, 5.41) is 2.68. The molecule has 25 heavy (non-hydrogen) atoms. The molecule has 0 bridgehead atoms. The predicted molar refractivity (Wildman–Crippen MR) is 93.1 cm³/mol. The number of likely N-dealkylation sites (tertiary alicyclic amines) is 1. The minimum atomic E-state index is -0.824. The van der Waals surface area contributed by atoms with Crippen molar-refractivity contribution in [3.63, 3.8) is 0 Å². The summed E-state index contributed by atoms with van der Waals surface area (Å²) in [6.45, 7) is 3.30. The Morgan fingerprint density at radius 1 is 1.00 bits per heavy atom. The third-order valence-corrected chi connectivity index (χ3v) is 4.70. The van der Waals surface area contributed by atoms with Crippen LogP contribution in [-0.4, -0.2) is 30.4 Å². The Morgan fingerprint density at radius 3 is 2.28 bits per heavy atom. The van der Waals surface area contributed by atoms with Crippen LogP contribution in [0.1, 0.15) is 28.8 Å². The fraction of sp³-hybridized carbons (Fsp3) is 0.350. The molecule has 1 aliphatic rings. The van der Waals surface area contributed by atoms with Crippen molar-refractivity contribution >= 4 is 5.91 Å². The van der Waals surface area contributed by atoms with Crippen molar-refractivity contribution in [2.75, 3.05) is 19.6 Å². The van der Waals surface area contributed by atoms with Gasteiger partial charge in [0.2, 0.25) is 0 Å². The number of amides is 1. The number of rotatable bonds is 5. The molecule has 3 nitrogen and oxygen atoms in total. The molecular weight excluding hydrogens is 322 g/mol. The van der Waals surface area contributed by atoms with Gasteiger partial charge in [0, 0.05) is 13.1 Å². The molecule has 0 unspecified atom stereocenters. The van der Waals surface area contributed by atoms with Gasteiger partial charge in [-0.1, -0.05) is 36.4 Å². The normalized spacial score (nSPS) is 15.9. The van der Waals surface area contributed by atoms with Crippen molar-refractivity contribution in [1.29, 1.82) is 0 Å². The summed E-state index contributed by atoms with van der Waals surface area (Å²) in [6.07, 6.45) is 1.93. The smallest absolute Gasteiger partial charge is 0.257 e. The first-order chi connectivity index (χ1) is 12.1. The van der Waals surface area contributed by atoms with Crippen LogP contribution in [0.3, 0.4) is 0 Å². The van der Waals surface area contributed by atoms with Crippen LogP contribution in [0, 0.1) is 17.6 Å². The largest absolute Gasteiger partial charge is 0.352 e. The second-order valence-electron chi connectivity index (χ2n) is 6.51. The molecule has 0 atom stereocenters. The lowest BCUT2D eigenvalue weighted by Gasteiger charge is -2.32. The molecule has 0 saturated carbocycles. The van der Waals surface area contributed by atoms with Gasteiger partial charge in [-0.15, -0.1) is 0 Å². The van der Waals surface area contributed by atoms with E-state index in [0.29, 0.717) is 12.5 Å². The van der Waals surface area contributed by atoms with E-state index in [9.17, 15) is 13.6 Å². The van der Waals surface area contributed by atoms with Crippen molar-refractivity contribution in [2.24, 2.45) is 5.92 Å². The number of benzene rings is 2. The zero-order valence-corrected chi connectivity index (χ0v) is 14.1. The predicted octanol–water partition coefficient (Wildman–Crippen LogP) is 3.61. The summed E-state index contributed by atoms with van der Waals surface area (Å²) >= 11 is 0. The number of halogens is 2. The minimum absolute atomic E-state index is 0.339. The van der Waals surface area contributed by atoms with Gasteiger partial charge in [-0.3, -0.25) is 9.69 Å². The molecule has 0 aromatic heterocycles. The van der Waals surface area contributed by atoms with E-state index in [1.807, 2.05) is 18.2 Å². The summed E-state index contributed by atoms with van der Waals surface area (Å²) in [5.74, 6) is -1.99. The molecule has 2 aromatic rings. The number of nitrogens with one attached hydrogen (secondary N) is 1. The highest BCUT2D eigenvalue weighted by Gasteiger charge is 2.22. The summed E-state index contributed by atoms with van der Waals surface area (Å²) < 4.78 is 27.2. The summed E-state index contributed by atoms with van der Waals surface area (Å²) in [5.41, 5.74) is 0.799. The lowest BCUT2D eigenvalue weighted by molar-refractivity contribution is 0.0927. The fourth-order valence-corrected chi connectivity index (χ4v) is 3.23. The van der Waals surface area contributed by atoms with E-state index in [1.54, 1.807) is 0 Å². The monoisotopic (exact) mass is 344 g/mol. The number of carbonyl (C=O) groups is 1. The van der Waals surface area contributed by atoms with Gasteiger partial charge in [-0.2, -0.15) is 0 Å². The van der Waals surface area contributed by atoms with Crippen LogP contribution in [0.2, 0.25) is 0 Å². The van der Waals surface area contributed by atoms with Gasteiger partial charge in [-0.05, 0) is 49.5 Å². The molecule has 1 aliphatic heterocycles. The van der Waals surface area contributed by atoms with Crippen LogP contribution in [0.5, 0.6) is 0 Å². The first-order valence-electron chi connectivity index (χ1n) is 8.62. The maximum atomic E-state index is 13.6. The van der Waals surface area contributed by atoms with E-state index in [1.165, 1.54) is 11.6 Å². The van der Waals surface area contributed by atoms with Gasteiger partial charge in [0.15, 0.2) is 0 Å². The number of hydrogen-bond donors (Lipinski definition) is 1. The van der Waals surface area contributed by atoms with Crippen molar-refractivity contribution < 1.29 is 13.6 Å². The Labute approximate surface area is 146 Å². The summed E-state index contributed by atoms with van der Waals surface area (Å²) in [6, 6.07) is 13.8. The second kappa shape index (κ2) is 8.21. The van der Waals surface area contributed by atoms with Crippen LogP contribution in [-0.2, 0) is 6.54 Å². The Hall–Kier alpha value is -2.27. The maximum Gasteiger partial charge on any atom is 0.257 e. The zero-order valence-electron chi connectivity index (χ0n) is 14.1. The summed E-state index contributed by atoms with van der Waals surface area (Å²) in [4.78, 5) is 14.4. The van der Waals surface area contributed by atoms with E-state index < -0.39 is 23.1 Å². The Bertz CT molecular complexity index is 693. The Balaban J connectivity index is 1.46. The van der Waals surface area contributed by atoms with Gasteiger partial charge in [0.25, 0.3) is 5.91 Å². The van der Waals surface area contributed by atoms with Crippen molar-refractivity contribution in [1.82, 2.24) is 10.2 Å². The average Bonchev–Trinajstić information content (AvgIpc) is 2.62. The van der Waals surface area contributed by atoms with Gasteiger partial charge in [-0.25, -0.2) is 8.78 Å². The van der Waals surface area contributed by atoms with Crippen LogP contribution >= 0.6 is 0 Å². The average molecular weight is 344 g/mol. The lowest BCUT2D eigenvalue weighted by Crippen LogP contribution is -2.38.